The molecule has 3 aromatic rings. The molecule has 2 aliphatic rings. The van der Waals surface area contributed by atoms with Crippen LogP contribution in [0.25, 0.3) is 0 Å². The average molecular weight is 789 g/mol. The Bertz CT molecular complexity index is 1900. The molecule has 0 saturated carbocycles. The van der Waals surface area contributed by atoms with Gasteiger partial charge in [0.2, 0.25) is 33.7 Å². The SMILES string of the molecule is CC(C)C[C@@H](NC(=O)[C@@H](Cc1ccccc1)NC(=O)[C@H](N)Cc1ccccc1)C(=O)N[C@H](CCCCN)C(=O)N1CCC2(CC1)CS(=O)(=O)Nc1ncccc12. The second kappa shape index (κ2) is 19.3. The van der Waals surface area contributed by atoms with Crippen molar-refractivity contribution in [1.82, 2.24) is 25.8 Å². The molecule has 15 heteroatoms. The highest BCUT2D eigenvalue weighted by Gasteiger charge is 2.46. The molecule has 1 fully saturated rings. The van der Waals surface area contributed by atoms with E-state index in [2.05, 4.69) is 25.7 Å². The number of nitrogens with two attached hydrogens (primary N) is 2. The van der Waals surface area contributed by atoms with E-state index in [9.17, 15) is 27.6 Å². The van der Waals surface area contributed by atoms with Crippen LogP contribution in [0, 0.1) is 5.92 Å². The number of amides is 4. The van der Waals surface area contributed by atoms with Crippen molar-refractivity contribution in [3.63, 3.8) is 0 Å². The minimum absolute atomic E-state index is 0.00388. The number of aromatic nitrogens is 1. The Labute approximate surface area is 330 Å². The van der Waals surface area contributed by atoms with Crippen LogP contribution in [-0.4, -0.2) is 91.5 Å². The molecule has 3 heterocycles. The lowest BCUT2D eigenvalue weighted by Gasteiger charge is -2.45. The molecule has 8 N–H and O–H groups in total. The number of nitrogens with zero attached hydrogens (tertiary/aromatic N) is 2. The molecule has 302 valence electrons. The van der Waals surface area contributed by atoms with Gasteiger partial charge in [0.05, 0.1) is 11.8 Å². The lowest BCUT2D eigenvalue weighted by molar-refractivity contribution is -0.139. The fourth-order valence-electron chi connectivity index (χ4n) is 7.62. The van der Waals surface area contributed by atoms with Crippen LogP contribution in [0.4, 0.5) is 5.82 Å². The number of carbonyl (C=O) groups excluding carboxylic acids is 4. The monoisotopic (exact) mass is 788 g/mol. The van der Waals surface area contributed by atoms with Gasteiger partial charge in [-0.3, -0.25) is 23.9 Å². The number of likely N-dealkylation sites (tertiary alicyclic amines) is 1. The maximum Gasteiger partial charge on any atom is 0.245 e. The molecular formula is C41H56N8O6S. The smallest absolute Gasteiger partial charge is 0.245 e. The van der Waals surface area contributed by atoms with E-state index < -0.39 is 57.3 Å². The summed E-state index contributed by atoms with van der Waals surface area (Å²) in [7, 11) is -3.62. The summed E-state index contributed by atoms with van der Waals surface area (Å²) < 4.78 is 28.2. The Kier molecular flexibility index (Phi) is 14.6. The Hall–Kier alpha value is -4.86. The largest absolute Gasteiger partial charge is 0.343 e. The fraction of sp³-hybridized carbons (Fsp3) is 0.488. The van der Waals surface area contributed by atoms with Crippen molar-refractivity contribution < 1.29 is 27.6 Å². The normalized spacial score (nSPS) is 17.8. The lowest BCUT2D eigenvalue weighted by atomic mass is 9.74. The standard InChI is InChI=1S/C41H56N8O6S/c1-28(2)24-34(47-39(52)35(26-30-14-7-4-8-15-30)46-37(50)32(43)25-29-12-5-3-6-13-29)38(51)45-33(17-9-10-20-42)40(53)49-22-18-41(19-23-49)27-56(54,55)48-36-31(41)16-11-21-44-36/h3-8,11-16,21,28,32-35H,9-10,17-20,22-27,42-43H2,1-2H3,(H,44,48)(H,45,51)(H,46,50)(H,47,52)/t32-,33-,34-,35-/m1/s1. The topological polar surface area (TPSA) is 219 Å². The van der Waals surface area contributed by atoms with Gasteiger partial charge >= 0.3 is 0 Å². The Morgan fingerprint density at radius 1 is 0.804 bits per heavy atom. The summed E-state index contributed by atoms with van der Waals surface area (Å²) in [5.41, 5.74) is 13.9. The average Bonchev–Trinajstić information content (AvgIpc) is 3.17. The van der Waals surface area contributed by atoms with Crippen LogP contribution in [0.15, 0.2) is 79.0 Å². The van der Waals surface area contributed by atoms with E-state index in [-0.39, 0.29) is 36.8 Å². The number of nitrogens with one attached hydrogen (secondary N) is 4. The molecule has 1 saturated heterocycles. The van der Waals surface area contributed by atoms with Gasteiger partial charge in [-0.25, -0.2) is 13.4 Å². The van der Waals surface area contributed by atoms with Crippen molar-refractivity contribution in [2.24, 2.45) is 17.4 Å². The fourth-order valence-corrected chi connectivity index (χ4v) is 9.33. The number of rotatable bonds is 17. The van der Waals surface area contributed by atoms with Gasteiger partial charge in [-0.1, -0.05) is 80.6 Å². The molecule has 1 spiro atoms. The van der Waals surface area contributed by atoms with E-state index in [4.69, 9.17) is 11.5 Å². The van der Waals surface area contributed by atoms with Gasteiger partial charge in [-0.15, -0.1) is 0 Å². The number of sulfonamides is 1. The number of anilines is 1. The van der Waals surface area contributed by atoms with Crippen LogP contribution in [0.3, 0.4) is 0 Å². The third kappa shape index (κ3) is 11.4. The Balaban J connectivity index is 1.29. The van der Waals surface area contributed by atoms with Crippen molar-refractivity contribution in [2.75, 3.05) is 30.1 Å². The van der Waals surface area contributed by atoms with Gasteiger partial charge in [0.1, 0.15) is 23.9 Å². The number of piperidine rings is 1. The first-order valence-corrected chi connectivity index (χ1v) is 21.1. The van der Waals surface area contributed by atoms with Gasteiger partial charge in [-0.2, -0.15) is 0 Å². The molecule has 56 heavy (non-hydrogen) atoms. The molecule has 5 rings (SSSR count). The molecule has 4 amide bonds. The molecule has 0 radical (unpaired) electrons. The highest BCUT2D eigenvalue weighted by molar-refractivity contribution is 7.92. The maximum absolute atomic E-state index is 14.2. The zero-order valence-corrected chi connectivity index (χ0v) is 33.1. The summed E-state index contributed by atoms with van der Waals surface area (Å²) in [6.45, 7) is 4.88. The van der Waals surface area contributed by atoms with E-state index >= 15 is 0 Å². The van der Waals surface area contributed by atoms with Crippen molar-refractivity contribution in [2.45, 2.75) is 94.8 Å². The third-order valence-electron chi connectivity index (χ3n) is 10.6. The van der Waals surface area contributed by atoms with Gasteiger partial charge in [-0.05, 0) is 74.6 Å². The predicted molar refractivity (Wildman–Crippen MR) is 216 cm³/mol. The molecular weight excluding hydrogens is 733 g/mol. The first-order valence-electron chi connectivity index (χ1n) is 19.5. The van der Waals surface area contributed by atoms with Gasteiger partial charge in [0, 0.05) is 36.7 Å². The number of fused-ring (bicyclic) bond motifs is 2. The highest BCUT2D eigenvalue weighted by atomic mass is 32.2. The van der Waals surface area contributed by atoms with Gasteiger partial charge < -0.3 is 32.3 Å². The second-order valence-electron chi connectivity index (χ2n) is 15.4. The van der Waals surface area contributed by atoms with Crippen molar-refractivity contribution >= 4 is 39.5 Å². The van der Waals surface area contributed by atoms with E-state index in [0.29, 0.717) is 57.6 Å². The van der Waals surface area contributed by atoms with Gasteiger partial charge in [0.15, 0.2) is 0 Å². The number of hydrogen-bond donors (Lipinski definition) is 6. The Morgan fingerprint density at radius 3 is 2.02 bits per heavy atom. The molecule has 2 aromatic carbocycles. The number of hydrogen-bond acceptors (Lipinski definition) is 9. The van der Waals surface area contributed by atoms with Crippen LogP contribution in [0.5, 0.6) is 0 Å². The van der Waals surface area contributed by atoms with E-state index in [1.807, 2.05) is 80.6 Å². The predicted octanol–water partition coefficient (Wildman–Crippen LogP) is 2.14. The zero-order chi connectivity index (χ0) is 40.3. The summed E-state index contributed by atoms with van der Waals surface area (Å²) in [6, 6.07) is 18.5. The maximum atomic E-state index is 14.2. The highest BCUT2D eigenvalue weighted by Crippen LogP contribution is 2.43. The molecule has 0 unspecified atom stereocenters. The number of unbranched alkanes of at least 4 members (excludes halogenated alkanes) is 1. The first-order chi connectivity index (χ1) is 26.8. The molecule has 2 aliphatic heterocycles. The summed E-state index contributed by atoms with van der Waals surface area (Å²) in [6.07, 6.45) is 4.68. The lowest BCUT2D eigenvalue weighted by Crippen LogP contribution is -2.59. The molecule has 14 nitrogen and oxygen atoms in total. The molecule has 1 aromatic heterocycles. The van der Waals surface area contributed by atoms with Gasteiger partial charge in [0.25, 0.3) is 0 Å². The Morgan fingerprint density at radius 2 is 1.39 bits per heavy atom. The second-order valence-corrected chi connectivity index (χ2v) is 17.2. The van der Waals surface area contributed by atoms with E-state index in [0.717, 1.165) is 16.7 Å². The van der Waals surface area contributed by atoms with Crippen LogP contribution in [0.2, 0.25) is 0 Å². The van der Waals surface area contributed by atoms with Crippen molar-refractivity contribution in [3.8, 4) is 0 Å². The minimum atomic E-state index is -3.62. The zero-order valence-electron chi connectivity index (χ0n) is 32.3. The van der Waals surface area contributed by atoms with Crippen LogP contribution >= 0.6 is 0 Å². The molecule has 4 atom stereocenters. The van der Waals surface area contributed by atoms with Crippen LogP contribution in [0.1, 0.15) is 69.1 Å². The van der Waals surface area contributed by atoms with Crippen LogP contribution < -0.4 is 32.1 Å². The number of carbonyl (C=O) groups is 4. The summed E-state index contributed by atoms with van der Waals surface area (Å²) in [5.74, 6) is -1.61. The first kappa shape index (κ1) is 42.3. The van der Waals surface area contributed by atoms with Crippen molar-refractivity contribution in [3.05, 3.63) is 95.7 Å². The summed E-state index contributed by atoms with van der Waals surface area (Å²) in [4.78, 5) is 61.6. The molecule has 0 bridgehead atoms. The third-order valence-corrected chi connectivity index (χ3v) is 12.0. The van der Waals surface area contributed by atoms with Crippen molar-refractivity contribution in [1.29, 1.82) is 0 Å². The summed E-state index contributed by atoms with van der Waals surface area (Å²) in [5, 5.41) is 8.67. The van der Waals surface area contributed by atoms with E-state index in [1.165, 1.54) is 0 Å². The van der Waals surface area contributed by atoms with Crippen LogP contribution in [-0.2, 0) is 47.5 Å². The van der Waals surface area contributed by atoms with E-state index in [1.54, 1.807) is 17.2 Å². The molecule has 0 aliphatic carbocycles. The minimum Gasteiger partial charge on any atom is -0.343 e. The quantitative estimate of drug-likeness (QED) is 0.110. The number of pyridine rings is 1. The number of benzene rings is 2. The summed E-state index contributed by atoms with van der Waals surface area (Å²) >= 11 is 0.